The van der Waals surface area contributed by atoms with E-state index >= 15 is 0 Å². The number of ketones is 1. The summed E-state index contributed by atoms with van der Waals surface area (Å²) < 4.78 is 11.4. The van der Waals surface area contributed by atoms with Gasteiger partial charge in [-0.1, -0.05) is 19.0 Å². The zero-order valence-electron chi connectivity index (χ0n) is 20.5. The molecule has 2 aliphatic rings. The van der Waals surface area contributed by atoms with Crippen molar-refractivity contribution in [2.45, 2.75) is 77.7 Å². The van der Waals surface area contributed by atoms with Crippen molar-refractivity contribution in [1.82, 2.24) is 15.5 Å². The molecule has 2 aromatic rings. The number of piperidine rings is 1. The zero-order chi connectivity index (χ0) is 24.1. The van der Waals surface area contributed by atoms with Crippen molar-refractivity contribution in [3.63, 3.8) is 0 Å². The smallest absolute Gasteiger partial charge is 0.324 e. The van der Waals surface area contributed by atoms with E-state index in [2.05, 4.69) is 34.2 Å². The molecule has 0 spiro atoms. The van der Waals surface area contributed by atoms with E-state index in [1.807, 2.05) is 19.1 Å². The summed E-state index contributed by atoms with van der Waals surface area (Å²) in [5.74, 6) is 2.44. The molecule has 2 fully saturated rings. The molecule has 184 valence electrons. The van der Waals surface area contributed by atoms with Gasteiger partial charge in [0.15, 0.2) is 11.6 Å². The number of hydrogen-bond donors (Lipinski definition) is 1. The van der Waals surface area contributed by atoms with Crippen molar-refractivity contribution in [2.24, 2.45) is 5.92 Å². The van der Waals surface area contributed by atoms with E-state index in [9.17, 15) is 9.59 Å². The largest absolute Gasteiger partial charge is 0.494 e. The summed E-state index contributed by atoms with van der Waals surface area (Å²) in [5.41, 5.74) is 1.45. The second-order valence-corrected chi connectivity index (χ2v) is 9.87. The standard InChI is InChI=1S/C26H36N4O4/c1-17(2)24-28-26(34-29-24)30-13-11-19(12-14-30)6-5-15-33-20-9-10-21(18(3)16-20)25(32)27-22-7-4-8-23(22)31/h9-10,16-17,19,22H,4-8,11-15H2,1-3H3,(H,27,32)/t22-/m1/s1. The van der Waals surface area contributed by atoms with Gasteiger partial charge in [-0.15, -0.1) is 0 Å². The molecule has 1 N–H and O–H groups in total. The van der Waals surface area contributed by atoms with Gasteiger partial charge in [-0.05, 0) is 75.1 Å². The fraction of sp³-hybridized carbons (Fsp3) is 0.615. The molecule has 8 nitrogen and oxygen atoms in total. The fourth-order valence-electron chi connectivity index (χ4n) is 4.75. The van der Waals surface area contributed by atoms with Crippen LogP contribution in [-0.4, -0.2) is 47.6 Å². The lowest BCUT2D eigenvalue weighted by molar-refractivity contribution is -0.118. The summed E-state index contributed by atoms with van der Waals surface area (Å²) in [6, 6.07) is 5.84. The Labute approximate surface area is 201 Å². The number of ether oxygens (including phenoxy) is 1. The van der Waals surface area contributed by atoms with E-state index in [-0.39, 0.29) is 23.7 Å². The first-order valence-corrected chi connectivity index (χ1v) is 12.6. The number of rotatable bonds is 9. The lowest BCUT2D eigenvalue weighted by Gasteiger charge is -2.30. The molecule has 34 heavy (non-hydrogen) atoms. The van der Waals surface area contributed by atoms with Crippen LogP contribution in [0.1, 0.15) is 86.5 Å². The van der Waals surface area contributed by atoms with Gasteiger partial charge in [-0.3, -0.25) is 9.59 Å². The Balaban J connectivity index is 1.17. The third-order valence-electron chi connectivity index (χ3n) is 6.91. The average Bonchev–Trinajstić information content (AvgIpc) is 3.47. The number of nitrogens with zero attached hydrogens (tertiary/aromatic N) is 3. The Morgan fingerprint density at radius 1 is 1.26 bits per heavy atom. The molecule has 8 heteroatoms. The molecule has 2 heterocycles. The highest BCUT2D eigenvalue weighted by atomic mass is 16.5. The van der Waals surface area contributed by atoms with Gasteiger partial charge < -0.3 is 19.5 Å². The minimum atomic E-state index is -0.334. The average molecular weight is 469 g/mol. The van der Waals surface area contributed by atoms with Crippen LogP contribution < -0.4 is 15.0 Å². The molecule has 1 saturated carbocycles. The van der Waals surface area contributed by atoms with E-state index < -0.39 is 0 Å². The molecule has 4 rings (SSSR count). The Bertz CT molecular complexity index is 994. The van der Waals surface area contributed by atoms with Crippen molar-refractivity contribution in [1.29, 1.82) is 0 Å². The van der Waals surface area contributed by atoms with Gasteiger partial charge >= 0.3 is 6.01 Å². The maximum atomic E-state index is 12.5. The van der Waals surface area contributed by atoms with Gasteiger partial charge in [0.2, 0.25) is 0 Å². The summed E-state index contributed by atoms with van der Waals surface area (Å²) in [6.07, 6.45) is 6.51. The molecule has 0 unspecified atom stereocenters. The fourth-order valence-corrected chi connectivity index (χ4v) is 4.75. The molecule has 1 aliphatic carbocycles. The molecule has 0 radical (unpaired) electrons. The third kappa shape index (κ3) is 5.96. The third-order valence-corrected chi connectivity index (χ3v) is 6.91. The number of Topliss-reactive ketones (excluding diaryl/α,β-unsaturated/α-hetero) is 1. The molecule has 1 atom stereocenters. The molecule has 1 aromatic carbocycles. The summed E-state index contributed by atoms with van der Waals surface area (Å²) in [4.78, 5) is 31.0. The summed E-state index contributed by atoms with van der Waals surface area (Å²) >= 11 is 0. The molecule has 1 aliphatic heterocycles. The summed E-state index contributed by atoms with van der Waals surface area (Å²) in [5, 5.41) is 6.93. The molecule has 0 bridgehead atoms. The predicted octanol–water partition coefficient (Wildman–Crippen LogP) is 4.43. The van der Waals surface area contributed by atoms with Crippen molar-refractivity contribution in [3.05, 3.63) is 35.2 Å². The highest BCUT2D eigenvalue weighted by Gasteiger charge is 2.27. The quantitative estimate of drug-likeness (QED) is 0.544. The van der Waals surface area contributed by atoms with Gasteiger partial charge in [0, 0.05) is 31.0 Å². The number of aromatic nitrogens is 2. The first-order chi connectivity index (χ1) is 16.4. The zero-order valence-corrected chi connectivity index (χ0v) is 20.5. The minimum absolute atomic E-state index is 0.131. The second kappa shape index (κ2) is 11.0. The number of carbonyl (C=O) groups is 2. The second-order valence-electron chi connectivity index (χ2n) is 9.87. The van der Waals surface area contributed by atoms with E-state index in [1.165, 1.54) is 0 Å². The maximum absolute atomic E-state index is 12.5. The first kappa shape index (κ1) is 24.2. The number of hydrogen-bond acceptors (Lipinski definition) is 7. The topological polar surface area (TPSA) is 97.6 Å². The summed E-state index contributed by atoms with van der Waals surface area (Å²) in [6.45, 7) is 8.58. The Morgan fingerprint density at radius 2 is 2.06 bits per heavy atom. The van der Waals surface area contributed by atoms with E-state index in [1.54, 1.807) is 6.07 Å². The molecular weight excluding hydrogens is 432 g/mol. The molecule has 1 saturated heterocycles. The van der Waals surface area contributed by atoms with Crippen molar-refractivity contribution in [2.75, 3.05) is 24.6 Å². The van der Waals surface area contributed by atoms with Crippen LogP contribution in [0.15, 0.2) is 22.7 Å². The maximum Gasteiger partial charge on any atom is 0.324 e. The number of amides is 1. The Kier molecular flexibility index (Phi) is 7.85. The van der Waals surface area contributed by atoms with E-state index in [4.69, 9.17) is 9.26 Å². The van der Waals surface area contributed by atoms with Crippen molar-refractivity contribution in [3.8, 4) is 5.75 Å². The van der Waals surface area contributed by atoms with Crippen LogP contribution in [0, 0.1) is 12.8 Å². The van der Waals surface area contributed by atoms with Gasteiger partial charge in [0.1, 0.15) is 5.75 Å². The number of aryl methyl sites for hydroxylation is 1. The number of benzene rings is 1. The normalized spacial score (nSPS) is 19.1. The monoisotopic (exact) mass is 468 g/mol. The first-order valence-electron chi connectivity index (χ1n) is 12.6. The van der Waals surface area contributed by atoms with Crippen LogP contribution in [0.3, 0.4) is 0 Å². The highest BCUT2D eigenvalue weighted by molar-refractivity contribution is 5.99. The molecule has 1 aromatic heterocycles. The number of carbonyl (C=O) groups excluding carboxylic acids is 2. The lowest BCUT2D eigenvalue weighted by atomic mass is 9.92. The van der Waals surface area contributed by atoms with Crippen molar-refractivity contribution < 1.29 is 18.8 Å². The SMILES string of the molecule is Cc1cc(OCCCC2CCN(c3nc(C(C)C)no3)CC2)ccc1C(=O)N[C@@H]1CCCC1=O. The summed E-state index contributed by atoms with van der Waals surface area (Å²) in [7, 11) is 0. The van der Waals surface area contributed by atoms with Crippen LogP contribution in [0.25, 0.3) is 0 Å². The van der Waals surface area contributed by atoms with Crippen LogP contribution >= 0.6 is 0 Å². The molecule has 1 amide bonds. The van der Waals surface area contributed by atoms with Gasteiger partial charge in [-0.25, -0.2) is 0 Å². The molecular formula is C26H36N4O4. The number of anilines is 1. The Hall–Kier alpha value is -2.90. The van der Waals surface area contributed by atoms with E-state index in [0.29, 0.717) is 30.5 Å². The van der Waals surface area contributed by atoms with Crippen LogP contribution in [0.5, 0.6) is 5.75 Å². The van der Waals surface area contributed by atoms with Gasteiger partial charge in [-0.2, -0.15) is 4.98 Å². The number of nitrogens with one attached hydrogen (secondary N) is 1. The Morgan fingerprint density at radius 3 is 2.71 bits per heavy atom. The van der Waals surface area contributed by atoms with Gasteiger partial charge in [0.05, 0.1) is 12.6 Å². The van der Waals surface area contributed by atoms with E-state index in [0.717, 1.165) is 68.8 Å². The van der Waals surface area contributed by atoms with Crippen molar-refractivity contribution >= 4 is 17.7 Å². The van der Waals surface area contributed by atoms with Crippen LogP contribution in [-0.2, 0) is 4.79 Å². The lowest BCUT2D eigenvalue weighted by Crippen LogP contribution is -2.37. The van der Waals surface area contributed by atoms with Gasteiger partial charge in [0.25, 0.3) is 5.91 Å². The van der Waals surface area contributed by atoms with Crippen LogP contribution in [0.2, 0.25) is 0 Å². The minimum Gasteiger partial charge on any atom is -0.494 e. The highest BCUT2D eigenvalue weighted by Crippen LogP contribution is 2.26. The van der Waals surface area contributed by atoms with Crippen LogP contribution in [0.4, 0.5) is 6.01 Å². The predicted molar refractivity (Wildman–Crippen MR) is 129 cm³/mol.